The van der Waals surface area contributed by atoms with Gasteiger partial charge in [0, 0.05) is 0 Å². The molecule has 0 saturated carbocycles. The van der Waals surface area contributed by atoms with Crippen LogP contribution in [0.3, 0.4) is 0 Å². The lowest BCUT2D eigenvalue weighted by Gasteiger charge is -1.98. The van der Waals surface area contributed by atoms with Gasteiger partial charge in [0.25, 0.3) is 0 Å². The van der Waals surface area contributed by atoms with Crippen LogP contribution in [0.25, 0.3) is 0 Å². The molecule has 6 heteroatoms. The molecule has 0 aromatic heterocycles. The highest BCUT2D eigenvalue weighted by atomic mass is 28.4. The number of rotatable bonds is 1. The van der Waals surface area contributed by atoms with Crippen molar-refractivity contribution in [2.75, 3.05) is 0 Å². The van der Waals surface area contributed by atoms with Crippen molar-refractivity contribution in [2.45, 2.75) is 0 Å². The average molecular weight is 124 g/mol. The first-order chi connectivity index (χ1) is 2.94. The van der Waals surface area contributed by atoms with Crippen LogP contribution in [0.2, 0.25) is 0 Å². The van der Waals surface area contributed by atoms with E-state index in [2.05, 4.69) is 0 Å². The van der Waals surface area contributed by atoms with Crippen molar-refractivity contribution < 1.29 is 24.3 Å². The summed E-state index contributed by atoms with van der Waals surface area (Å²) in [7, 11) is -4.82. The van der Waals surface area contributed by atoms with Crippen molar-refractivity contribution in [1.29, 1.82) is 0 Å². The minimum absolute atomic E-state index is 1.95. The van der Waals surface area contributed by atoms with E-state index in [1.165, 1.54) is 0 Å². The molecule has 0 aliphatic heterocycles. The molecule has 0 aromatic carbocycles. The van der Waals surface area contributed by atoms with Crippen LogP contribution in [-0.4, -0.2) is 33.9 Å². The standard InChI is InChI=1S/CH4O5Si/c2-1(3)7(4,5)6/h4-6H,(H,2,3). The highest BCUT2D eigenvalue weighted by molar-refractivity contribution is 6.87. The monoisotopic (exact) mass is 124 g/mol. The van der Waals surface area contributed by atoms with Gasteiger partial charge in [-0.25, -0.2) is 4.79 Å². The first-order valence-corrected chi connectivity index (χ1v) is 3.19. The van der Waals surface area contributed by atoms with Gasteiger partial charge in [0.1, 0.15) is 0 Å². The molecule has 0 spiro atoms. The largest absolute Gasteiger partial charge is 0.613 e. The van der Waals surface area contributed by atoms with E-state index in [-0.39, 0.29) is 0 Å². The SMILES string of the molecule is O=C(O)[Si](O)(O)O. The molecule has 0 aromatic rings. The summed E-state index contributed by atoms with van der Waals surface area (Å²) in [4.78, 5) is 32.6. The van der Waals surface area contributed by atoms with Gasteiger partial charge < -0.3 is 19.5 Å². The average Bonchev–Trinajstić information content (AvgIpc) is 1.31. The molecule has 0 radical (unpaired) electrons. The smallest absolute Gasteiger partial charge is 0.479 e. The maximum absolute atomic E-state index is 9.33. The van der Waals surface area contributed by atoms with Gasteiger partial charge in [-0.05, 0) is 0 Å². The topological polar surface area (TPSA) is 98.0 Å². The van der Waals surface area contributed by atoms with Gasteiger partial charge in [0.15, 0.2) is 0 Å². The van der Waals surface area contributed by atoms with Crippen LogP contribution >= 0.6 is 0 Å². The minimum Gasteiger partial charge on any atom is -0.479 e. The Morgan fingerprint density at radius 1 is 1.29 bits per heavy atom. The summed E-state index contributed by atoms with van der Waals surface area (Å²) in [6.07, 6.45) is 0. The summed E-state index contributed by atoms with van der Waals surface area (Å²) in [5.74, 6) is 0. The van der Waals surface area contributed by atoms with Crippen molar-refractivity contribution in [3.05, 3.63) is 0 Å². The number of carbonyl (C=O) groups is 1. The molecule has 5 nitrogen and oxygen atoms in total. The molecule has 7 heavy (non-hydrogen) atoms. The Bertz CT molecular complexity index is 80.6. The first-order valence-electron chi connectivity index (χ1n) is 1.35. The molecule has 0 rings (SSSR count). The van der Waals surface area contributed by atoms with E-state index in [0.29, 0.717) is 0 Å². The van der Waals surface area contributed by atoms with Gasteiger partial charge in [-0.1, -0.05) is 0 Å². The van der Waals surface area contributed by atoms with Gasteiger partial charge in [-0.2, -0.15) is 0 Å². The fourth-order valence-corrected chi connectivity index (χ4v) is 0. The lowest BCUT2D eigenvalue weighted by Crippen LogP contribution is -2.43. The molecule has 0 aliphatic carbocycles. The van der Waals surface area contributed by atoms with E-state index in [0.717, 1.165) is 0 Å². The molecular weight excluding hydrogens is 120 g/mol. The Labute approximate surface area is 39.8 Å². The highest BCUT2D eigenvalue weighted by Gasteiger charge is 2.38. The van der Waals surface area contributed by atoms with Gasteiger partial charge >= 0.3 is 14.4 Å². The third kappa shape index (κ3) is 2.29. The normalized spacial score (nSPS) is 11.3. The number of hydrogen-bond acceptors (Lipinski definition) is 4. The Morgan fingerprint density at radius 3 is 1.43 bits per heavy atom. The van der Waals surface area contributed by atoms with E-state index in [1.807, 2.05) is 0 Å². The zero-order chi connectivity index (χ0) is 6.08. The van der Waals surface area contributed by atoms with Gasteiger partial charge in [0.2, 0.25) is 0 Å². The van der Waals surface area contributed by atoms with E-state index in [9.17, 15) is 4.79 Å². The highest BCUT2D eigenvalue weighted by Crippen LogP contribution is 1.83. The summed E-state index contributed by atoms with van der Waals surface area (Å²) in [6.45, 7) is 0. The Kier molecular flexibility index (Phi) is 1.48. The van der Waals surface area contributed by atoms with Gasteiger partial charge in [-0.3, -0.25) is 0 Å². The second kappa shape index (κ2) is 1.58. The fourth-order valence-electron chi connectivity index (χ4n) is 0. The molecule has 0 unspecified atom stereocenters. The molecule has 0 heterocycles. The molecule has 42 valence electrons. The van der Waals surface area contributed by atoms with Crippen molar-refractivity contribution in [3.63, 3.8) is 0 Å². The van der Waals surface area contributed by atoms with E-state index < -0.39 is 14.4 Å². The van der Waals surface area contributed by atoms with Crippen molar-refractivity contribution >= 4 is 14.4 Å². The summed E-state index contributed by atoms with van der Waals surface area (Å²) in [5.41, 5.74) is -1.95. The van der Waals surface area contributed by atoms with E-state index in [4.69, 9.17) is 19.5 Å². The number of hydrogen-bond donors (Lipinski definition) is 4. The van der Waals surface area contributed by atoms with Crippen LogP contribution in [0.4, 0.5) is 4.79 Å². The van der Waals surface area contributed by atoms with Crippen LogP contribution in [0.1, 0.15) is 0 Å². The Hall–Kier alpha value is -0.433. The van der Waals surface area contributed by atoms with E-state index >= 15 is 0 Å². The third-order valence-electron chi connectivity index (χ3n) is 0.287. The van der Waals surface area contributed by atoms with Crippen LogP contribution in [0.5, 0.6) is 0 Å². The summed E-state index contributed by atoms with van der Waals surface area (Å²) in [5, 5.41) is 7.56. The molecule has 0 aliphatic rings. The van der Waals surface area contributed by atoms with Crippen molar-refractivity contribution in [1.82, 2.24) is 0 Å². The molecular formula is CH4O5Si. The fraction of sp³-hybridized carbons (Fsp3) is 0. The molecule has 0 fully saturated rings. The maximum Gasteiger partial charge on any atom is 0.613 e. The van der Waals surface area contributed by atoms with Crippen LogP contribution in [-0.2, 0) is 0 Å². The van der Waals surface area contributed by atoms with E-state index in [1.54, 1.807) is 0 Å². The second-order valence-corrected chi connectivity index (χ2v) is 2.64. The van der Waals surface area contributed by atoms with Crippen LogP contribution in [0, 0.1) is 0 Å². The van der Waals surface area contributed by atoms with Gasteiger partial charge in [0.05, 0.1) is 0 Å². The second-order valence-electron chi connectivity index (χ2n) is 0.941. The van der Waals surface area contributed by atoms with Crippen LogP contribution in [0.15, 0.2) is 0 Å². The molecule has 0 atom stereocenters. The first kappa shape index (κ1) is 6.57. The Morgan fingerprint density at radius 2 is 1.43 bits per heavy atom. The quantitative estimate of drug-likeness (QED) is 0.308. The van der Waals surface area contributed by atoms with Crippen molar-refractivity contribution in [3.8, 4) is 0 Å². The lowest BCUT2D eigenvalue weighted by molar-refractivity contribution is 0.171. The Balaban J connectivity index is 3.79. The third-order valence-corrected chi connectivity index (χ3v) is 0.861. The van der Waals surface area contributed by atoms with Crippen molar-refractivity contribution in [2.24, 2.45) is 0 Å². The lowest BCUT2D eigenvalue weighted by atomic mass is 11.6. The van der Waals surface area contributed by atoms with Crippen LogP contribution < -0.4 is 0 Å². The summed E-state index contributed by atoms with van der Waals surface area (Å²) < 4.78 is 0. The maximum atomic E-state index is 9.33. The molecule has 4 N–H and O–H groups in total. The minimum atomic E-state index is -4.82. The zero-order valence-corrected chi connectivity index (χ0v) is 4.20. The predicted molar refractivity (Wildman–Crippen MR) is 20.4 cm³/mol. The summed E-state index contributed by atoms with van der Waals surface area (Å²) in [6, 6.07) is 0. The summed E-state index contributed by atoms with van der Waals surface area (Å²) >= 11 is 0. The molecule has 0 saturated heterocycles. The molecule has 0 amide bonds. The molecule has 0 bridgehead atoms. The predicted octanol–water partition coefficient (Wildman–Crippen LogP) is -1.84. The zero-order valence-electron chi connectivity index (χ0n) is 3.20. The number of carboxylic acid groups (broad SMARTS) is 1. The van der Waals surface area contributed by atoms with Gasteiger partial charge in [-0.15, -0.1) is 0 Å².